The van der Waals surface area contributed by atoms with Crippen LogP contribution >= 0.6 is 11.3 Å². The number of thiophene rings is 1. The number of piperidine rings is 1. The molecule has 1 saturated heterocycles. The molecule has 0 bridgehead atoms. The highest BCUT2D eigenvalue weighted by Crippen LogP contribution is 2.23. The summed E-state index contributed by atoms with van der Waals surface area (Å²) in [5.41, 5.74) is 0.199. The summed E-state index contributed by atoms with van der Waals surface area (Å²) in [6, 6.07) is 16.5. The predicted molar refractivity (Wildman–Crippen MR) is 168 cm³/mol. The van der Waals surface area contributed by atoms with E-state index in [2.05, 4.69) is 11.1 Å². The van der Waals surface area contributed by atoms with Gasteiger partial charge in [-0.1, -0.05) is 55.0 Å². The molecule has 0 radical (unpaired) electrons. The minimum Gasteiger partial charge on any atom is -0.444 e. The number of benzene rings is 2. The minimum atomic E-state index is -0.870. The van der Waals surface area contributed by atoms with Crippen molar-refractivity contribution in [1.29, 1.82) is 0 Å². The number of likely N-dealkylation sites (N-methyl/N-ethyl adjacent to an activating group) is 3. The largest absolute Gasteiger partial charge is 0.444 e. The van der Waals surface area contributed by atoms with Gasteiger partial charge in [-0.25, -0.2) is 9.80 Å². The van der Waals surface area contributed by atoms with Gasteiger partial charge in [-0.2, -0.15) is 0 Å². The van der Waals surface area contributed by atoms with E-state index in [-0.39, 0.29) is 18.2 Å². The molecule has 1 aromatic heterocycles. The van der Waals surface area contributed by atoms with Gasteiger partial charge in [-0.15, -0.1) is 11.3 Å². The summed E-state index contributed by atoms with van der Waals surface area (Å²) in [5.74, 6) is -0.441. The van der Waals surface area contributed by atoms with Crippen LogP contribution in [-0.2, 0) is 27.2 Å². The molecule has 42 heavy (non-hydrogen) atoms. The number of carbonyl (C=O) groups excluding carboxylic acids is 3. The Bertz CT molecular complexity index is 1360. The topological polar surface area (TPSA) is 73.4 Å². The summed E-state index contributed by atoms with van der Waals surface area (Å²) >= 11 is 1.57. The Balaban J connectivity index is 1.65. The monoisotopic (exact) mass is 592 g/mol. The lowest BCUT2D eigenvalue weighted by Crippen LogP contribution is -2.58. The Morgan fingerprint density at radius 1 is 0.833 bits per heavy atom. The molecule has 1 fully saturated rings. The maximum absolute atomic E-state index is 14.4. The highest BCUT2D eigenvalue weighted by molar-refractivity contribution is 7.09. The van der Waals surface area contributed by atoms with Crippen molar-refractivity contribution in [2.75, 3.05) is 34.2 Å². The van der Waals surface area contributed by atoms with E-state index in [1.807, 2.05) is 53.9 Å². The number of hydrogen-bond donors (Lipinski definition) is 0. The Labute approximate surface area is 253 Å². The molecule has 0 aliphatic carbocycles. The Hall–Kier alpha value is -3.43. The van der Waals surface area contributed by atoms with E-state index >= 15 is 0 Å². The molecule has 3 amide bonds. The third-order valence-corrected chi connectivity index (χ3v) is 8.73. The first-order valence-corrected chi connectivity index (χ1v) is 15.6. The van der Waals surface area contributed by atoms with Gasteiger partial charge in [0.1, 0.15) is 17.7 Å². The second kappa shape index (κ2) is 13.7. The van der Waals surface area contributed by atoms with Gasteiger partial charge in [0.2, 0.25) is 5.91 Å². The zero-order valence-corrected chi connectivity index (χ0v) is 26.5. The number of fused-ring (bicyclic) bond motifs is 1. The molecule has 2 atom stereocenters. The molecule has 1 aliphatic heterocycles. The van der Waals surface area contributed by atoms with Gasteiger partial charge < -0.3 is 9.64 Å². The van der Waals surface area contributed by atoms with E-state index in [1.54, 1.807) is 58.3 Å². The van der Waals surface area contributed by atoms with Crippen LogP contribution in [-0.4, -0.2) is 89.6 Å². The lowest BCUT2D eigenvalue weighted by atomic mass is 9.99. The van der Waals surface area contributed by atoms with Gasteiger partial charge >= 0.3 is 6.09 Å². The first kappa shape index (κ1) is 31.5. The summed E-state index contributed by atoms with van der Waals surface area (Å²) in [4.78, 5) is 45.6. The lowest BCUT2D eigenvalue weighted by molar-refractivity contribution is -0.157. The van der Waals surface area contributed by atoms with E-state index < -0.39 is 23.8 Å². The van der Waals surface area contributed by atoms with Crippen LogP contribution in [0, 0.1) is 0 Å². The van der Waals surface area contributed by atoms with Gasteiger partial charge in [0.15, 0.2) is 0 Å². The first-order chi connectivity index (χ1) is 19.9. The van der Waals surface area contributed by atoms with Crippen molar-refractivity contribution in [2.45, 2.75) is 70.6 Å². The summed E-state index contributed by atoms with van der Waals surface area (Å²) in [6.07, 6.45) is 3.33. The average molecular weight is 593 g/mol. The molecule has 1 aliphatic rings. The lowest BCUT2D eigenvalue weighted by Gasteiger charge is -2.40. The second-order valence-electron chi connectivity index (χ2n) is 12.1. The van der Waals surface area contributed by atoms with Crippen molar-refractivity contribution in [3.63, 3.8) is 0 Å². The van der Waals surface area contributed by atoms with Crippen LogP contribution < -0.4 is 0 Å². The molecule has 2 heterocycles. The third-order valence-electron chi connectivity index (χ3n) is 7.83. The van der Waals surface area contributed by atoms with E-state index in [0.717, 1.165) is 53.6 Å². The molecule has 0 spiro atoms. The molecular weight excluding hydrogens is 548 g/mol. The third kappa shape index (κ3) is 7.89. The first-order valence-electron chi connectivity index (χ1n) is 14.7. The average Bonchev–Trinajstić information content (AvgIpc) is 3.50. The number of hydrazine groups is 1. The van der Waals surface area contributed by atoms with Gasteiger partial charge in [-0.05, 0) is 61.4 Å². The highest BCUT2D eigenvalue weighted by atomic mass is 32.1. The van der Waals surface area contributed by atoms with Gasteiger partial charge in [0.25, 0.3) is 5.91 Å². The van der Waals surface area contributed by atoms with Crippen LogP contribution in [0.15, 0.2) is 60.0 Å². The quantitative estimate of drug-likeness (QED) is 0.323. The number of nitrogens with zero attached hydrogens (tertiary/aromatic N) is 4. The number of rotatable bonds is 9. The number of ether oxygens (including phenoxy) is 1. The summed E-state index contributed by atoms with van der Waals surface area (Å²) in [7, 11) is 5.08. The molecule has 2 aromatic carbocycles. The molecule has 0 saturated carbocycles. The van der Waals surface area contributed by atoms with Crippen LogP contribution in [0.1, 0.15) is 50.5 Å². The summed E-state index contributed by atoms with van der Waals surface area (Å²) in [6.45, 7) is 7.04. The van der Waals surface area contributed by atoms with Crippen molar-refractivity contribution < 1.29 is 19.1 Å². The van der Waals surface area contributed by atoms with Crippen LogP contribution in [0.4, 0.5) is 4.79 Å². The van der Waals surface area contributed by atoms with E-state index in [0.29, 0.717) is 6.42 Å². The molecule has 0 N–H and O–H groups in total. The minimum absolute atomic E-state index is 0.134. The van der Waals surface area contributed by atoms with Crippen LogP contribution in [0.5, 0.6) is 0 Å². The maximum Gasteiger partial charge on any atom is 0.410 e. The Kier molecular flexibility index (Phi) is 10.3. The molecule has 1 unspecified atom stereocenters. The number of hydrogen-bond acceptors (Lipinski definition) is 6. The standard InChI is InChI=1S/C33H44N4O4S/c1-33(2,3)41-32(40)35(5)28(22-24-16-17-25-13-8-9-14-26(25)21-24)30(38)34(4)29(23-27-15-12-20-42-27)31(39)36(6)37-18-10-7-11-19-37/h8-9,12-17,20-21,28-29H,7,10-11,18-19,22-23H2,1-6H3/t28-,29?/m1/s1. The SMILES string of the molecule is CN(C(=O)[C@@H](Cc1ccc2ccccc2c1)N(C)C(=O)OC(C)(C)C)C(Cc1cccs1)C(=O)N(C)N1CCCCC1. The van der Waals surface area contributed by atoms with E-state index in [9.17, 15) is 14.4 Å². The van der Waals surface area contributed by atoms with Crippen LogP contribution in [0.2, 0.25) is 0 Å². The fourth-order valence-electron chi connectivity index (χ4n) is 5.37. The summed E-state index contributed by atoms with van der Waals surface area (Å²) in [5, 5.41) is 7.90. The second-order valence-corrected chi connectivity index (χ2v) is 13.1. The van der Waals surface area contributed by atoms with Crippen molar-refractivity contribution in [1.82, 2.24) is 19.8 Å². The Morgan fingerprint density at radius 2 is 1.50 bits per heavy atom. The zero-order chi connectivity index (χ0) is 30.4. The molecule has 226 valence electrons. The Morgan fingerprint density at radius 3 is 2.14 bits per heavy atom. The van der Waals surface area contributed by atoms with Gasteiger partial charge in [0.05, 0.1) is 0 Å². The summed E-state index contributed by atoms with van der Waals surface area (Å²) < 4.78 is 5.67. The van der Waals surface area contributed by atoms with Gasteiger partial charge in [-0.3, -0.25) is 19.5 Å². The van der Waals surface area contributed by atoms with Crippen molar-refractivity contribution in [3.8, 4) is 0 Å². The fourth-order valence-corrected chi connectivity index (χ4v) is 6.11. The fraction of sp³-hybridized carbons (Fsp3) is 0.485. The molecule has 4 rings (SSSR count). The number of amides is 3. The zero-order valence-electron chi connectivity index (χ0n) is 25.7. The molecule has 9 heteroatoms. The smallest absolute Gasteiger partial charge is 0.410 e. The number of carbonyl (C=O) groups is 3. The maximum atomic E-state index is 14.4. The molecule has 8 nitrogen and oxygen atoms in total. The van der Waals surface area contributed by atoms with Crippen molar-refractivity contribution in [2.24, 2.45) is 0 Å². The normalized spacial score (nSPS) is 15.6. The van der Waals surface area contributed by atoms with E-state index in [4.69, 9.17) is 4.74 Å². The van der Waals surface area contributed by atoms with Gasteiger partial charge in [0, 0.05) is 52.0 Å². The van der Waals surface area contributed by atoms with Crippen LogP contribution in [0.25, 0.3) is 10.8 Å². The van der Waals surface area contributed by atoms with Crippen molar-refractivity contribution >= 4 is 40.0 Å². The van der Waals surface area contributed by atoms with E-state index in [1.165, 1.54) is 9.80 Å². The van der Waals surface area contributed by atoms with Crippen LogP contribution in [0.3, 0.4) is 0 Å². The predicted octanol–water partition coefficient (Wildman–Crippen LogP) is 5.61. The highest BCUT2D eigenvalue weighted by Gasteiger charge is 2.38. The molecular formula is C33H44N4O4S. The molecule has 3 aromatic rings. The van der Waals surface area contributed by atoms with Crippen molar-refractivity contribution in [3.05, 3.63) is 70.4 Å².